The zero-order valence-corrected chi connectivity index (χ0v) is 12.9. The highest BCUT2D eigenvalue weighted by Crippen LogP contribution is 2.28. The number of hydrogen-bond donors (Lipinski definition) is 2. The first-order valence-corrected chi connectivity index (χ1v) is 7.15. The molecule has 0 spiro atoms. The average molecular weight is 296 g/mol. The molecule has 0 aliphatic carbocycles. The van der Waals surface area contributed by atoms with E-state index in [1.165, 1.54) is 6.07 Å². The van der Waals surface area contributed by atoms with Gasteiger partial charge in [-0.3, -0.25) is 4.79 Å². The Bertz CT molecular complexity index is 500. The third-order valence-corrected chi connectivity index (χ3v) is 4.22. The molecule has 0 radical (unpaired) electrons. The van der Waals surface area contributed by atoms with E-state index < -0.39 is 11.5 Å². The summed E-state index contributed by atoms with van der Waals surface area (Å²) < 4.78 is 13.7. The van der Waals surface area contributed by atoms with Gasteiger partial charge in [-0.05, 0) is 25.8 Å². The van der Waals surface area contributed by atoms with E-state index in [0.29, 0.717) is 18.4 Å². The first kappa shape index (κ1) is 16.6. The van der Waals surface area contributed by atoms with Crippen LogP contribution in [0.25, 0.3) is 0 Å². The summed E-state index contributed by atoms with van der Waals surface area (Å²) in [5.74, 6) is -0.583. The summed E-state index contributed by atoms with van der Waals surface area (Å²) in [4.78, 5) is 12.6. The number of amides is 1. The molecule has 0 aliphatic heterocycles. The van der Waals surface area contributed by atoms with Crippen LogP contribution in [0.5, 0.6) is 0 Å². The number of nitrogens with one attached hydrogen (secondary N) is 1. The van der Waals surface area contributed by atoms with Crippen molar-refractivity contribution in [3.8, 4) is 0 Å². The molecular weight excluding hydrogens is 275 g/mol. The molecule has 0 aromatic heterocycles. The lowest BCUT2D eigenvalue weighted by Gasteiger charge is -2.30. The quantitative estimate of drug-likeness (QED) is 0.793. The molecule has 0 saturated heterocycles. The Labute approximate surface area is 124 Å². The SMILES string of the molecule is CCC(CC)(C(=O)NC(C)c1ccccc1F)C(N)=S. The van der Waals surface area contributed by atoms with Crippen LogP contribution in [0.2, 0.25) is 0 Å². The molecule has 1 aromatic rings. The summed E-state index contributed by atoms with van der Waals surface area (Å²) in [6, 6.07) is 5.95. The first-order chi connectivity index (χ1) is 9.39. The fraction of sp³-hybridized carbons (Fsp3) is 0.467. The molecule has 1 unspecified atom stereocenters. The number of hydrogen-bond acceptors (Lipinski definition) is 2. The monoisotopic (exact) mass is 296 g/mol. The van der Waals surface area contributed by atoms with Crippen molar-refractivity contribution in [3.05, 3.63) is 35.6 Å². The summed E-state index contributed by atoms with van der Waals surface area (Å²) in [5.41, 5.74) is 5.32. The van der Waals surface area contributed by atoms with Crippen LogP contribution in [0.15, 0.2) is 24.3 Å². The van der Waals surface area contributed by atoms with E-state index in [4.69, 9.17) is 18.0 Å². The largest absolute Gasteiger partial charge is 0.392 e. The van der Waals surface area contributed by atoms with Gasteiger partial charge in [0.25, 0.3) is 0 Å². The van der Waals surface area contributed by atoms with Crippen molar-refractivity contribution >= 4 is 23.1 Å². The second-order valence-corrected chi connectivity index (χ2v) is 5.31. The maximum absolute atomic E-state index is 13.7. The lowest BCUT2D eigenvalue weighted by atomic mass is 9.81. The van der Waals surface area contributed by atoms with E-state index in [2.05, 4.69) is 5.32 Å². The zero-order valence-electron chi connectivity index (χ0n) is 12.1. The van der Waals surface area contributed by atoms with Gasteiger partial charge in [-0.2, -0.15) is 0 Å². The number of carbonyl (C=O) groups is 1. The van der Waals surface area contributed by atoms with Gasteiger partial charge < -0.3 is 11.1 Å². The van der Waals surface area contributed by atoms with Crippen LogP contribution < -0.4 is 11.1 Å². The van der Waals surface area contributed by atoms with Gasteiger partial charge in [0.1, 0.15) is 5.82 Å². The fourth-order valence-corrected chi connectivity index (χ4v) is 2.65. The highest BCUT2D eigenvalue weighted by Gasteiger charge is 2.38. The minimum atomic E-state index is -0.866. The second-order valence-electron chi connectivity index (χ2n) is 4.87. The average Bonchev–Trinajstić information content (AvgIpc) is 2.40. The summed E-state index contributed by atoms with van der Waals surface area (Å²) in [6.45, 7) is 5.48. The normalized spacial score (nSPS) is 12.8. The predicted octanol–water partition coefficient (Wildman–Crippen LogP) is 3.10. The molecule has 0 bridgehead atoms. The van der Waals surface area contributed by atoms with Crippen LogP contribution in [0.1, 0.15) is 45.2 Å². The second kappa shape index (κ2) is 6.79. The van der Waals surface area contributed by atoms with Crippen LogP contribution in [-0.4, -0.2) is 10.9 Å². The fourth-order valence-electron chi connectivity index (χ4n) is 2.27. The van der Waals surface area contributed by atoms with E-state index in [-0.39, 0.29) is 16.7 Å². The summed E-state index contributed by atoms with van der Waals surface area (Å²) in [6.07, 6.45) is 1.04. The highest BCUT2D eigenvalue weighted by atomic mass is 32.1. The maximum atomic E-state index is 13.7. The van der Waals surface area contributed by atoms with E-state index in [1.54, 1.807) is 25.1 Å². The van der Waals surface area contributed by atoms with Gasteiger partial charge >= 0.3 is 0 Å². The molecule has 0 heterocycles. The van der Waals surface area contributed by atoms with Crippen LogP contribution in [0.4, 0.5) is 4.39 Å². The number of rotatable bonds is 6. The maximum Gasteiger partial charge on any atom is 0.233 e. The molecule has 0 fully saturated rings. The minimum absolute atomic E-state index is 0.181. The first-order valence-electron chi connectivity index (χ1n) is 6.74. The Hall–Kier alpha value is -1.49. The molecule has 0 saturated carbocycles. The lowest BCUT2D eigenvalue weighted by molar-refractivity contribution is -0.128. The predicted molar refractivity (Wildman–Crippen MR) is 82.8 cm³/mol. The van der Waals surface area contributed by atoms with E-state index in [1.807, 2.05) is 13.8 Å². The molecule has 110 valence electrons. The minimum Gasteiger partial charge on any atom is -0.392 e. The van der Waals surface area contributed by atoms with Crippen LogP contribution in [0, 0.1) is 11.2 Å². The van der Waals surface area contributed by atoms with Crippen LogP contribution in [-0.2, 0) is 4.79 Å². The molecule has 1 rings (SSSR count). The molecule has 3 nitrogen and oxygen atoms in total. The van der Waals surface area contributed by atoms with E-state index in [9.17, 15) is 9.18 Å². The number of halogens is 1. The van der Waals surface area contributed by atoms with Gasteiger partial charge in [-0.1, -0.05) is 44.3 Å². The third-order valence-electron chi connectivity index (χ3n) is 3.83. The van der Waals surface area contributed by atoms with Crippen molar-refractivity contribution in [2.24, 2.45) is 11.1 Å². The Morgan fingerprint density at radius 1 is 1.40 bits per heavy atom. The molecule has 0 aliphatic rings. The summed E-state index contributed by atoms with van der Waals surface area (Å²) >= 11 is 5.04. The molecule has 3 N–H and O–H groups in total. The van der Waals surface area contributed by atoms with Gasteiger partial charge in [0.15, 0.2) is 0 Å². The number of nitrogens with two attached hydrogens (primary N) is 1. The van der Waals surface area contributed by atoms with Crippen LogP contribution in [0.3, 0.4) is 0 Å². The van der Waals surface area contributed by atoms with Gasteiger partial charge in [0.05, 0.1) is 16.4 Å². The molecule has 5 heteroatoms. The third kappa shape index (κ3) is 3.15. The topological polar surface area (TPSA) is 55.1 Å². The van der Waals surface area contributed by atoms with Gasteiger partial charge in [-0.15, -0.1) is 0 Å². The van der Waals surface area contributed by atoms with Crippen molar-refractivity contribution in [1.29, 1.82) is 0 Å². The summed E-state index contributed by atoms with van der Waals surface area (Å²) in [7, 11) is 0. The van der Waals surface area contributed by atoms with Crippen molar-refractivity contribution < 1.29 is 9.18 Å². The van der Waals surface area contributed by atoms with E-state index >= 15 is 0 Å². The molecule has 1 aromatic carbocycles. The Balaban J connectivity index is 2.95. The van der Waals surface area contributed by atoms with E-state index in [0.717, 1.165) is 0 Å². The Morgan fingerprint density at radius 2 is 1.95 bits per heavy atom. The Morgan fingerprint density at radius 3 is 2.40 bits per heavy atom. The van der Waals surface area contributed by atoms with Gasteiger partial charge in [0, 0.05) is 5.56 Å². The number of carbonyl (C=O) groups excluding carboxylic acids is 1. The standard InChI is InChI=1S/C15H21FN2OS/c1-4-15(5-2,13(17)20)14(19)18-10(3)11-8-6-7-9-12(11)16/h6-10H,4-5H2,1-3H3,(H2,17,20)(H,18,19). The van der Waals surface area contributed by atoms with Crippen molar-refractivity contribution in [3.63, 3.8) is 0 Å². The van der Waals surface area contributed by atoms with Crippen molar-refractivity contribution in [2.75, 3.05) is 0 Å². The number of thiocarbonyl (C=S) groups is 1. The smallest absolute Gasteiger partial charge is 0.233 e. The summed E-state index contributed by atoms with van der Waals surface area (Å²) in [5, 5.41) is 2.81. The van der Waals surface area contributed by atoms with Gasteiger partial charge in [-0.25, -0.2) is 4.39 Å². The number of benzene rings is 1. The zero-order chi connectivity index (χ0) is 15.3. The van der Waals surface area contributed by atoms with Crippen LogP contribution >= 0.6 is 12.2 Å². The Kier molecular flexibility index (Phi) is 5.62. The molecule has 20 heavy (non-hydrogen) atoms. The lowest BCUT2D eigenvalue weighted by Crippen LogP contribution is -2.48. The molecular formula is C15H21FN2OS. The van der Waals surface area contributed by atoms with Gasteiger partial charge in [0.2, 0.25) is 5.91 Å². The van der Waals surface area contributed by atoms with Crippen molar-refractivity contribution in [2.45, 2.75) is 39.7 Å². The highest BCUT2D eigenvalue weighted by molar-refractivity contribution is 7.80. The molecule has 1 amide bonds. The molecule has 1 atom stereocenters. The van der Waals surface area contributed by atoms with Crippen molar-refractivity contribution in [1.82, 2.24) is 5.32 Å².